The maximum absolute atomic E-state index is 13.8. The lowest BCUT2D eigenvalue weighted by molar-refractivity contribution is -0.705. The van der Waals surface area contributed by atoms with Gasteiger partial charge in [0, 0.05) is 12.1 Å². The average Bonchev–Trinajstić information content (AvgIpc) is 3.08. The van der Waals surface area contributed by atoms with Crippen molar-refractivity contribution in [1.82, 2.24) is 5.27 Å². The third-order valence-corrected chi connectivity index (χ3v) is 5.33. The molecule has 0 bridgehead atoms. The van der Waals surface area contributed by atoms with Gasteiger partial charge in [0.25, 0.3) is 5.03 Å². The molecule has 9 heteroatoms. The van der Waals surface area contributed by atoms with Gasteiger partial charge < -0.3 is 19.7 Å². The number of aromatic nitrogens is 2. The minimum atomic E-state index is -0.655. The highest BCUT2D eigenvalue weighted by atomic mass is 32.2. The van der Waals surface area contributed by atoms with Gasteiger partial charge >= 0.3 is 0 Å². The van der Waals surface area contributed by atoms with E-state index in [1.165, 1.54) is 22.9 Å². The minimum absolute atomic E-state index is 0.0854. The lowest BCUT2D eigenvalue weighted by Crippen LogP contribution is -2.36. The van der Waals surface area contributed by atoms with Crippen LogP contribution in [0.3, 0.4) is 0 Å². The van der Waals surface area contributed by atoms with E-state index in [-0.39, 0.29) is 10.7 Å². The molecule has 28 heavy (non-hydrogen) atoms. The highest BCUT2D eigenvalue weighted by Gasteiger charge is 2.28. The minimum Gasteiger partial charge on any atom is -0.538 e. The molecule has 1 heterocycles. The van der Waals surface area contributed by atoms with Gasteiger partial charge in [0.1, 0.15) is 11.6 Å². The van der Waals surface area contributed by atoms with Gasteiger partial charge in [-0.1, -0.05) is 19.1 Å². The number of nitrogens with zero attached hydrogens (tertiary/aromatic N) is 2. The molecular formula is C19H18FN3O4S. The normalized spacial score (nSPS) is 11.8. The Kier molecular flexibility index (Phi) is 6.15. The smallest absolute Gasteiger partial charge is 0.298 e. The third kappa shape index (κ3) is 4.25. The zero-order valence-electron chi connectivity index (χ0n) is 15.2. The van der Waals surface area contributed by atoms with Crippen molar-refractivity contribution in [3.63, 3.8) is 0 Å². The number of thioether (sulfide) groups is 1. The highest BCUT2D eigenvalue weighted by molar-refractivity contribution is 8.00. The zero-order chi connectivity index (χ0) is 20.1. The molecule has 0 spiro atoms. The Labute approximate surface area is 165 Å². The van der Waals surface area contributed by atoms with Crippen LogP contribution in [-0.4, -0.2) is 23.5 Å². The van der Waals surface area contributed by atoms with Gasteiger partial charge in [-0.15, -0.1) is 0 Å². The fourth-order valence-electron chi connectivity index (χ4n) is 2.46. The van der Waals surface area contributed by atoms with E-state index in [0.29, 0.717) is 17.9 Å². The van der Waals surface area contributed by atoms with E-state index in [1.54, 1.807) is 44.4 Å². The summed E-state index contributed by atoms with van der Waals surface area (Å²) in [5.74, 6) is -0.948. The topological polar surface area (TPSA) is 91.3 Å². The number of ether oxygens (including phenoxy) is 1. The second kappa shape index (κ2) is 8.75. The number of halogens is 1. The number of methoxy groups -OCH3 is 1. The van der Waals surface area contributed by atoms with Crippen LogP contribution in [0.2, 0.25) is 0 Å². The number of benzene rings is 2. The maximum Gasteiger partial charge on any atom is 0.298 e. The molecule has 146 valence electrons. The second-order valence-corrected chi connectivity index (χ2v) is 6.95. The summed E-state index contributed by atoms with van der Waals surface area (Å²) in [6.07, 6.45) is 0.415. The molecule has 1 N–H and O–H groups in total. The van der Waals surface area contributed by atoms with Crippen molar-refractivity contribution < 1.29 is 28.2 Å². The molecule has 0 saturated carbocycles. The molecule has 3 rings (SSSR count). The number of hydrogen-bond donors (Lipinski definition) is 1. The highest BCUT2D eigenvalue weighted by Crippen LogP contribution is 2.30. The summed E-state index contributed by atoms with van der Waals surface area (Å²) in [7, 11) is 1.55. The van der Waals surface area contributed by atoms with E-state index in [9.17, 15) is 14.3 Å². The number of para-hydroxylation sites is 1. The second-order valence-electron chi connectivity index (χ2n) is 5.76. The number of hydrogen-bond acceptors (Lipinski definition) is 6. The quantitative estimate of drug-likeness (QED) is 0.482. The number of carbonyl (C=O) groups is 1. The molecule has 2 aromatic carbocycles. The molecular weight excluding hydrogens is 385 g/mol. The molecule has 0 aliphatic carbocycles. The monoisotopic (exact) mass is 403 g/mol. The molecule has 7 nitrogen and oxygen atoms in total. The summed E-state index contributed by atoms with van der Waals surface area (Å²) in [5.41, 5.74) is 0.667. The van der Waals surface area contributed by atoms with Crippen molar-refractivity contribution in [2.24, 2.45) is 0 Å². The van der Waals surface area contributed by atoms with Crippen molar-refractivity contribution in [1.29, 1.82) is 0 Å². The van der Waals surface area contributed by atoms with Crippen LogP contribution in [0.1, 0.15) is 13.3 Å². The summed E-state index contributed by atoms with van der Waals surface area (Å²) >= 11 is 1.02. The van der Waals surface area contributed by atoms with Crippen LogP contribution in [0.25, 0.3) is 5.69 Å². The fourth-order valence-corrected chi connectivity index (χ4v) is 3.43. The number of rotatable bonds is 7. The predicted molar refractivity (Wildman–Crippen MR) is 99.0 cm³/mol. The summed E-state index contributed by atoms with van der Waals surface area (Å²) in [6.45, 7) is 1.80. The van der Waals surface area contributed by atoms with Gasteiger partial charge in [0.2, 0.25) is 11.6 Å². The summed E-state index contributed by atoms with van der Waals surface area (Å²) in [4.78, 5) is 12.6. The van der Waals surface area contributed by atoms with Crippen LogP contribution in [0, 0.1) is 5.82 Å². The van der Waals surface area contributed by atoms with Gasteiger partial charge in [-0.25, -0.2) is 4.39 Å². The van der Waals surface area contributed by atoms with Crippen molar-refractivity contribution >= 4 is 23.4 Å². The Morgan fingerprint density at radius 1 is 1.32 bits per heavy atom. The van der Waals surface area contributed by atoms with E-state index >= 15 is 0 Å². The van der Waals surface area contributed by atoms with Crippen LogP contribution >= 0.6 is 11.8 Å². The molecule has 3 aromatic rings. The van der Waals surface area contributed by atoms with E-state index in [0.717, 1.165) is 11.8 Å². The van der Waals surface area contributed by atoms with Crippen LogP contribution in [0.15, 0.2) is 58.1 Å². The molecule has 1 aromatic heterocycles. The molecule has 0 saturated heterocycles. The Morgan fingerprint density at radius 3 is 2.68 bits per heavy atom. The fraction of sp³-hybridized carbons (Fsp3) is 0.211. The first-order valence-corrected chi connectivity index (χ1v) is 9.37. The van der Waals surface area contributed by atoms with Crippen molar-refractivity contribution in [2.75, 3.05) is 12.4 Å². The standard InChI is InChI=1S/C19H18FN3O4S/c1-3-16(17(24)21-15-7-5-4-6-14(15)20)28-18-19(25)27-22-23(18)12-8-10-13(26-2)11-9-12/h4-11,16H,3H2,1-2H3,(H-,21,22,24,25). The van der Waals surface area contributed by atoms with Crippen LogP contribution in [0.5, 0.6) is 11.7 Å². The van der Waals surface area contributed by atoms with Gasteiger partial charge in [-0.05, 0) is 47.1 Å². The number of carbonyl (C=O) groups excluding carboxylic acids is 1. The molecule has 0 fully saturated rings. The number of amides is 1. The lowest BCUT2D eigenvalue weighted by atomic mass is 10.2. The molecule has 1 atom stereocenters. The van der Waals surface area contributed by atoms with Gasteiger partial charge in [-0.3, -0.25) is 4.79 Å². The molecule has 0 aliphatic heterocycles. The lowest BCUT2D eigenvalue weighted by Gasteiger charge is -2.13. The number of nitrogens with one attached hydrogen (secondary N) is 1. The SMILES string of the molecule is CCC(Sc1c([O-])on[n+]1-c1ccc(OC)cc1)C(=O)Nc1ccccc1F. The van der Waals surface area contributed by atoms with Crippen molar-refractivity contribution in [3.05, 3.63) is 54.3 Å². The van der Waals surface area contributed by atoms with Crippen LogP contribution in [-0.2, 0) is 4.79 Å². The maximum atomic E-state index is 13.8. The summed E-state index contributed by atoms with van der Waals surface area (Å²) in [6, 6.07) is 12.8. The first-order valence-electron chi connectivity index (χ1n) is 8.49. The molecule has 0 radical (unpaired) electrons. The Hall–Kier alpha value is -3.07. The zero-order valence-corrected chi connectivity index (χ0v) is 16.0. The Balaban J connectivity index is 1.82. The van der Waals surface area contributed by atoms with E-state index in [4.69, 9.17) is 9.26 Å². The van der Waals surface area contributed by atoms with E-state index in [1.807, 2.05) is 0 Å². The van der Waals surface area contributed by atoms with Crippen LogP contribution < -0.4 is 19.8 Å². The van der Waals surface area contributed by atoms with Crippen molar-refractivity contribution in [3.8, 4) is 17.4 Å². The van der Waals surface area contributed by atoms with Gasteiger partial charge in [0.15, 0.2) is 5.95 Å². The third-order valence-electron chi connectivity index (χ3n) is 3.94. The summed E-state index contributed by atoms with van der Waals surface area (Å²) < 4.78 is 25.0. The summed E-state index contributed by atoms with van der Waals surface area (Å²) in [5, 5.41) is 18.0. The Morgan fingerprint density at radius 2 is 2.04 bits per heavy atom. The first-order chi connectivity index (χ1) is 13.5. The van der Waals surface area contributed by atoms with Gasteiger partial charge in [0.05, 0.1) is 23.3 Å². The average molecular weight is 403 g/mol. The van der Waals surface area contributed by atoms with Crippen LogP contribution in [0.4, 0.5) is 10.1 Å². The Bertz CT molecular complexity index is 962. The first kappa shape index (κ1) is 19.7. The molecule has 1 unspecified atom stereocenters. The largest absolute Gasteiger partial charge is 0.538 e. The van der Waals surface area contributed by atoms with Crippen molar-refractivity contribution in [2.45, 2.75) is 23.6 Å². The van der Waals surface area contributed by atoms with E-state index in [2.05, 4.69) is 10.6 Å². The van der Waals surface area contributed by atoms with Gasteiger partial charge in [-0.2, -0.15) is 0 Å². The van der Waals surface area contributed by atoms with E-state index < -0.39 is 22.9 Å². The predicted octanol–water partition coefficient (Wildman–Crippen LogP) is 2.68. The molecule has 0 aliphatic rings. The molecule has 1 amide bonds. The number of anilines is 1.